The van der Waals surface area contributed by atoms with Crippen molar-refractivity contribution >= 4 is 55.7 Å². The molecule has 0 spiro atoms. The highest BCUT2D eigenvalue weighted by atomic mass is 15.2. The van der Waals surface area contributed by atoms with Crippen molar-refractivity contribution in [2.24, 2.45) is 0 Å². The van der Waals surface area contributed by atoms with Gasteiger partial charge in [0, 0.05) is 34.0 Å². The molecule has 2 nitrogen and oxygen atoms in total. The Morgan fingerprint density at radius 2 is 0.675 bits per heavy atom. The van der Waals surface area contributed by atoms with Crippen LogP contribution < -0.4 is 9.80 Å². The first-order valence-corrected chi connectivity index (χ1v) is 26.6. The molecule has 0 heterocycles. The first-order valence-electron chi connectivity index (χ1n) is 26.6. The highest BCUT2D eigenvalue weighted by Crippen LogP contribution is 2.58. The molecule has 0 unspecified atom stereocenters. The van der Waals surface area contributed by atoms with Gasteiger partial charge < -0.3 is 9.80 Å². The van der Waals surface area contributed by atoms with Crippen LogP contribution in [0.25, 0.3) is 66.1 Å². The molecule has 1 aliphatic rings. The molecular formula is C75H52N2. The van der Waals surface area contributed by atoms with Crippen LogP contribution in [-0.4, -0.2) is 0 Å². The number of nitrogens with zero attached hydrogens (tertiary/aromatic N) is 2. The lowest BCUT2D eigenvalue weighted by atomic mass is 9.67. The van der Waals surface area contributed by atoms with Gasteiger partial charge in [0.2, 0.25) is 0 Å². The van der Waals surface area contributed by atoms with Crippen LogP contribution in [0.4, 0.5) is 34.1 Å². The van der Waals surface area contributed by atoms with Crippen LogP contribution in [0.1, 0.15) is 22.3 Å². The largest absolute Gasteiger partial charge is 0.310 e. The molecule has 13 aromatic carbocycles. The summed E-state index contributed by atoms with van der Waals surface area (Å²) >= 11 is 0. The van der Waals surface area contributed by atoms with Gasteiger partial charge >= 0.3 is 0 Å². The second-order valence-corrected chi connectivity index (χ2v) is 20.0. The van der Waals surface area contributed by atoms with Gasteiger partial charge in [-0.25, -0.2) is 0 Å². The van der Waals surface area contributed by atoms with Crippen LogP contribution >= 0.6 is 0 Å². The molecule has 0 saturated carbocycles. The summed E-state index contributed by atoms with van der Waals surface area (Å²) in [5.74, 6) is 0. The summed E-state index contributed by atoms with van der Waals surface area (Å²) in [6, 6.07) is 116. The summed E-state index contributed by atoms with van der Waals surface area (Å²) in [4.78, 5) is 4.95. The molecule has 0 amide bonds. The standard InChI is InChI=1S/C75H52N2/c1-7-27-55(28-8-1)73-65-39-21-19-25-53(65)43-46-67(73)57-49-63(51-64(50-57)77(61-37-17-6-18-38-61)72-48-44-54-26-20-22-40-66(54)74(72)56-29-9-2-10-30-56)76(60-35-15-5-16-36-60)62-45-47-69-68-41-23-24-42-70(68)75(71(69)52-62,58-31-11-3-12-32-58)59-33-13-4-14-34-59/h1-52H. The van der Waals surface area contributed by atoms with Crippen LogP contribution in [0.5, 0.6) is 0 Å². The third kappa shape index (κ3) is 7.81. The van der Waals surface area contributed by atoms with E-state index in [0.29, 0.717) is 0 Å². The summed E-state index contributed by atoms with van der Waals surface area (Å²) in [6.07, 6.45) is 0. The lowest BCUT2D eigenvalue weighted by Crippen LogP contribution is -2.28. The second-order valence-electron chi connectivity index (χ2n) is 20.0. The maximum Gasteiger partial charge on any atom is 0.0714 e. The number of rotatable bonds is 11. The quantitative estimate of drug-likeness (QED) is 0.127. The molecular weight excluding hydrogens is 929 g/mol. The molecule has 77 heavy (non-hydrogen) atoms. The van der Waals surface area contributed by atoms with E-state index in [1.54, 1.807) is 0 Å². The molecule has 362 valence electrons. The van der Waals surface area contributed by atoms with Crippen molar-refractivity contribution < 1.29 is 0 Å². The minimum Gasteiger partial charge on any atom is -0.310 e. The van der Waals surface area contributed by atoms with Crippen LogP contribution in [0, 0.1) is 0 Å². The van der Waals surface area contributed by atoms with Crippen molar-refractivity contribution in [2.75, 3.05) is 9.80 Å². The van der Waals surface area contributed by atoms with Gasteiger partial charge in [0.25, 0.3) is 0 Å². The lowest BCUT2D eigenvalue weighted by molar-refractivity contribution is 0.768. The summed E-state index contributed by atoms with van der Waals surface area (Å²) in [6.45, 7) is 0. The molecule has 0 radical (unpaired) electrons. The van der Waals surface area contributed by atoms with Crippen molar-refractivity contribution in [1.82, 2.24) is 0 Å². The zero-order valence-corrected chi connectivity index (χ0v) is 42.4. The smallest absolute Gasteiger partial charge is 0.0714 e. The molecule has 14 rings (SSSR count). The van der Waals surface area contributed by atoms with Gasteiger partial charge in [0.05, 0.1) is 11.1 Å². The van der Waals surface area contributed by atoms with Crippen molar-refractivity contribution in [1.29, 1.82) is 0 Å². The van der Waals surface area contributed by atoms with Crippen LogP contribution in [0.2, 0.25) is 0 Å². The minimum atomic E-state index is -0.580. The van der Waals surface area contributed by atoms with E-state index in [9.17, 15) is 0 Å². The zero-order valence-electron chi connectivity index (χ0n) is 42.4. The Hall–Kier alpha value is -10.0. The van der Waals surface area contributed by atoms with E-state index in [-0.39, 0.29) is 0 Å². The van der Waals surface area contributed by atoms with Crippen LogP contribution in [-0.2, 0) is 5.41 Å². The zero-order chi connectivity index (χ0) is 51.1. The summed E-state index contributed by atoms with van der Waals surface area (Å²) in [5, 5.41) is 4.80. The number of anilines is 6. The summed E-state index contributed by atoms with van der Waals surface area (Å²) < 4.78 is 0. The second kappa shape index (κ2) is 19.4. The average molecular weight is 981 g/mol. The maximum absolute atomic E-state index is 2.48. The molecule has 0 bridgehead atoms. The molecule has 1 aliphatic carbocycles. The normalized spacial score (nSPS) is 12.3. The topological polar surface area (TPSA) is 6.48 Å². The van der Waals surface area contributed by atoms with Crippen molar-refractivity contribution in [2.45, 2.75) is 5.41 Å². The van der Waals surface area contributed by atoms with Gasteiger partial charge in [-0.2, -0.15) is 0 Å². The predicted molar refractivity (Wildman–Crippen MR) is 324 cm³/mol. The van der Waals surface area contributed by atoms with E-state index >= 15 is 0 Å². The van der Waals surface area contributed by atoms with Gasteiger partial charge in [-0.05, 0) is 143 Å². The Bertz CT molecular complexity index is 4210. The number of para-hydroxylation sites is 2. The third-order valence-electron chi connectivity index (χ3n) is 15.7. The summed E-state index contributed by atoms with van der Waals surface area (Å²) in [7, 11) is 0. The third-order valence-corrected chi connectivity index (χ3v) is 15.7. The van der Waals surface area contributed by atoms with Gasteiger partial charge in [-0.1, -0.05) is 255 Å². The molecule has 0 aliphatic heterocycles. The fourth-order valence-corrected chi connectivity index (χ4v) is 12.4. The molecule has 2 heteroatoms. The van der Waals surface area contributed by atoms with Crippen LogP contribution in [0.15, 0.2) is 315 Å². The monoisotopic (exact) mass is 980 g/mol. The summed E-state index contributed by atoms with van der Waals surface area (Å²) in [5.41, 5.74) is 20.2. The highest BCUT2D eigenvalue weighted by molar-refractivity contribution is 6.08. The van der Waals surface area contributed by atoms with Gasteiger partial charge in [-0.15, -0.1) is 0 Å². The fourth-order valence-electron chi connectivity index (χ4n) is 12.4. The number of hydrogen-bond donors (Lipinski definition) is 0. The van der Waals surface area contributed by atoms with Crippen molar-refractivity contribution in [3.8, 4) is 44.5 Å². The van der Waals surface area contributed by atoms with Crippen molar-refractivity contribution in [3.05, 3.63) is 338 Å². The van der Waals surface area contributed by atoms with E-state index in [1.165, 1.54) is 71.6 Å². The van der Waals surface area contributed by atoms with E-state index in [1.807, 2.05) is 0 Å². The number of benzene rings is 13. The van der Waals surface area contributed by atoms with E-state index in [2.05, 4.69) is 325 Å². The minimum absolute atomic E-state index is 0.580. The lowest BCUT2D eigenvalue weighted by Gasteiger charge is -2.35. The van der Waals surface area contributed by atoms with Crippen LogP contribution in [0.3, 0.4) is 0 Å². The molecule has 0 atom stereocenters. The number of hydrogen-bond acceptors (Lipinski definition) is 2. The molecule has 0 aromatic heterocycles. The van der Waals surface area contributed by atoms with E-state index < -0.39 is 5.41 Å². The Morgan fingerprint density at radius 1 is 0.234 bits per heavy atom. The Kier molecular flexibility index (Phi) is 11.5. The van der Waals surface area contributed by atoms with E-state index in [4.69, 9.17) is 0 Å². The van der Waals surface area contributed by atoms with Gasteiger partial charge in [0.15, 0.2) is 0 Å². The van der Waals surface area contributed by atoms with Crippen molar-refractivity contribution in [3.63, 3.8) is 0 Å². The molecule has 0 N–H and O–H groups in total. The van der Waals surface area contributed by atoms with Gasteiger partial charge in [0.1, 0.15) is 0 Å². The Balaban J connectivity index is 1.09. The SMILES string of the molecule is c1ccc(-c2c(-c3cc(N(c4ccccc4)c4ccc5c(c4)C(c4ccccc4)(c4ccccc4)c4ccccc4-5)cc(N(c4ccccc4)c4ccc5ccccc5c4-c4ccccc4)c3)ccc3ccccc23)cc1. The molecule has 0 fully saturated rings. The average Bonchev–Trinajstić information content (AvgIpc) is 3.82. The van der Waals surface area contributed by atoms with E-state index in [0.717, 1.165) is 50.8 Å². The maximum atomic E-state index is 2.48. The predicted octanol–water partition coefficient (Wildman–Crippen LogP) is 20.3. The first-order chi connectivity index (χ1) is 38.2. The fraction of sp³-hybridized carbons (Fsp3) is 0.0133. The highest BCUT2D eigenvalue weighted by Gasteiger charge is 2.46. The molecule has 0 saturated heterocycles. The number of fused-ring (bicyclic) bond motifs is 5. The Morgan fingerprint density at radius 3 is 1.29 bits per heavy atom. The van der Waals surface area contributed by atoms with Gasteiger partial charge in [-0.3, -0.25) is 0 Å². The molecule has 13 aromatic rings. The first kappa shape index (κ1) is 45.6. The Labute approximate surface area is 450 Å².